The lowest BCUT2D eigenvalue weighted by Gasteiger charge is -2.21. The van der Waals surface area contributed by atoms with Crippen LogP contribution in [-0.2, 0) is 6.54 Å². The van der Waals surface area contributed by atoms with Crippen LogP contribution in [0.4, 0.5) is 5.69 Å². The summed E-state index contributed by atoms with van der Waals surface area (Å²) in [6.45, 7) is 5.97. The molecule has 0 aliphatic carbocycles. The van der Waals surface area contributed by atoms with Gasteiger partial charge in [-0.2, -0.15) is 0 Å². The Morgan fingerprint density at radius 1 is 1.26 bits per heavy atom. The van der Waals surface area contributed by atoms with Gasteiger partial charge < -0.3 is 20.3 Å². The van der Waals surface area contributed by atoms with Gasteiger partial charge in [0.15, 0.2) is 5.96 Å². The highest BCUT2D eigenvalue weighted by atomic mass is 127. The highest BCUT2D eigenvalue weighted by Gasteiger charge is 2.24. The van der Waals surface area contributed by atoms with E-state index < -0.39 is 0 Å². The third-order valence-electron chi connectivity index (χ3n) is 4.72. The topological polar surface area (TPSA) is 48.9 Å². The maximum Gasteiger partial charge on any atom is 0.191 e. The van der Waals surface area contributed by atoms with Gasteiger partial charge in [0.1, 0.15) is 5.75 Å². The number of ether oxygens (including phenoxy) is 1. The molecule has 3 rings (SSSR count). The highest BCUT2D eigenvalue weighted by Crippen LogP contribution is 2.31. The number of nitrogens with zero attached hydrogens (tertiary/aromatic N) is 2. The van der Waals surface area contributed by atoms with E-state index in [1.165, 1.54) is 21.9 Å². The minimum absolute atomic E-state index is 0. The summed E-state index contributed by atoms with van der Waals surface area (Å²) in [7, 11) is 3.56. The second kappa shape index (κ2) is 10.8. The summed E-state index contributed by atoms with van der Waals surface area (Å²) in [5.41, 5.74) is 1.19. The first-order chi connectivity index (χ1) is 12.7. The highest BCUT2D eigenvalue weighted by molar-refractivity contribution is 14.0. The molecule has 27 heavy (non-hydrogen) atoms. The molecule has 2 N–H and O–H groups in total. The van der Waals surface area contributed by atoms with Crippen molar-refractivity contribution in [1.82, 2.24) is 10.6 Å². The van der Waals surface area contributed by atoms with E-state index in [1.807, 2.05) is 30.5 Å². The van der Waals surface area contributed by atoms with Crippen LogP contribution in [-0.4, -0.2) is 39.8 Å². The molecule has 0 radical (unpaired) electrons. The molecule has 1 aliphatic rings. The summed E-state index contributed by atoms with van der Waals surface area (Å²) in [4.78, 5) is 9.42. The predicted octanol–water partition coefficient (Wildman–Crippen LogP) is 3.87. The number of guanidine groups is 1. The number of hydrogen-bond donors (Lipinski definition) is 2. The van der Waals surface area contributed by atoms with Crippen LogP contribution in [0.25, 0.3) is 0 Å². The van der Waals surface area contributed by atoms with Gasteiger partial charge >= 0.3 is 0 Å². The minimum Gasteiger partial charge on any atom is -0.495 e. The normalized spacial score (nSPS) is 16.8. The number of anilines is 1. The second-order valence-electron chi connectivity index (χ2n) is 6.59. The molecule has 148 valence electrons. The van der Waals surface area contributed by atoms with Crippen molar-refractivity contribution >= 4 is 47.0 Å². The molecular formula is C20H29IN4OS. The number of rotatable bonds is 6. The average Bonchev–Trinajstić information content (AvgIpc) is 3.31. The number of nitrogens with one attached hydrogen (secondary N) is 2. The van der Waals surface area contributed by atoms with E-state index in [-0.39, 0.29) is 24.0 Å². The molecule has 1 unspecified atom stereocenters. The molecule has 0 spiro atoms. The molecule has 7 heteroatoms. The summed E-state index contributed by atoms with van der Waals surface area (Å²) in [5, 5.41) is 6.87. The van der Waals surface area contributed by atoms with Gasteiger partial charge in [0.05, 0.1) is 19.3 Å². The Morgan fingerprint density at radius 2 is 2.07 bits per heavy atom. The summed E-state index contributed by atoms with van der Waals surface area (Å²) >= 11 is 1.82. The molecule has 1 aliphatic heterocycles. The van der Waals surface area contributed by atoms with Crippen LogP contribution < -0.4 is 20.3 Å². The Bertz CT molecular complexity index is 749. The first kappa shape index (κ1) is 21.8. The van der Waals surface area contributed by atoms with Gasteiger partial charge in [-0.05, 0) is 43.5 Å². The Morgan fingerprint density at radius 3 is 2.78 bits per heavy atom. The molecule has 1 aromatic carbocycles. The largest absolute Gasteiger partial charge is 0.495 e. The molecule has 0 amide bonds. The van der Waals surface area contributed by atoms with E-state index in [9.17, 15) is 0 Å². The zero-order chi connectivity index (χ0) is 18.4. The van der Waals surface area contributed by atoms with Crippen LogP contribution in [0.2, 0.25) is 0 Å². The number of para-hydroxylation sites is 2. The lowest BCUT2D eigenvalue weighted by molar-refractivity contribution is 0.414. The Kier molecular flexibility index (Phi) is 8.69. The SMILES string of the molecule is CN=C(NCc1ccc(C)s1)NCC1CCN(c2ccccc2OC)C1.I. The first-order valence-electron chi connectivity index (χ1n) is 9.07. The average molecular weight is 500 g/mol. The van der Waals surface area contributed by atoms with E-state index in [4.69, 9.17) is 4.74 Å². The van der Waals surface area contributed by atoms with Crippen LogP contribution in [0.5, 0.6) is 5.75 Å². The van der Waals surface area contributed by atoms with Gasteiger partial charge in [0.25, 0.3) is 0 Å². The van der Waals surface area contributed by atoms with Crippen molar-refractivity contribution in [2.24, 2.45) is 10.9 Å². The van der Waals surface area contributed by atoms with Gasteiger partial charge in [0.2, 0.25) is 0 Å². The number of methoxy groups -OCH3 is 1. The number of benzene rings is 1. The molecule has 0 bridgehead atoms. The molecule has 2 heterocycles. The fourth-order valence-electron chi connectivity index (χ4n) is 3.32. The van der Waals surface area contributed by atoms with E-state index >= 15 is 0 Å². The van der Waals surface area contributed by atoms with Gasteiger partial charge in [-0.15, -0.1) is 35.3 Å². The third kappa shape index (κ3) is 6.00. The number of halogens is 1. The van der Waals surface area contributed by atoms with Crippen LogP contribution >= 0.6 is 35.3 Å². The van der Waals surface area contributed by atoms with Crippen LogP contribution in [0, 0.1) is 12.8 Å². The molecule has 1 fully saturated rings. The van der Waals surface area contributed by atoms with Gasteiger partial charge in [-0.3, -0.25) is 4.99 Å². The van der Waals surface area contributed by atoms with Crippen molar-refractivity contribution in [2.45, 2.75) is 19.9 Å². The molecule has 1 aromatic heterocycles. The molecule has 5 nitrogen and oxygen atoms in total. The summed E-state index contributed by atoms with van der Waals surface area (Å²) < 4.78 is 5.50. The van der Waals surface area contributed by atoms with E-state index in [0.29, 0.717) is 5.92 Å². The smallest absolute Gasteiger partial charge is 0.191 e. The van der Waals surface area contributed by atoms with Crippen molar-refractivity contribution in [1.29, 1.82) is 0 Å². The zero-order valence-corrected chi connectivity index (χ0v) is 19.3. The number of thiophene rings is 1. The second-order valence-corrected chi connectivity index (χ2v) is 7.96. The quantitative estimate of drug-likeness (QED) is 0.359. The van der Waals surface area contributed by atoms with E-state index in [1.54, 1.807) is 7.11 Å². The van der Waals surface area contributed by atoms with Crippen LogP contribution in [0.15, 0.2) is 41.4 Å². The summed E-state index contributed by atoms with van der Waals surface area (Å²) in [6.07, 6.45) is 1.17. The number of hydrogen-bond acceptors (Lipinski definition) is 4. The van der Waals surface area contributed by atoms with Crippen molar-refractivity contribution in [2.75, 3.05) is 38.7 Å². The lowest BCUT2D eigenvalue weighted by atomic mass is 10.1. The lowest BCUT2D eigenvalue weighted by Crippen LogP contribution is -2.39. The summed E-state index contributed by atoms with van der Waals surface area (Å²) in [5.74, 6) is 2.42. The third-order valence-corrected chi connectivity index (χ3v) is 5.72. The van der Waals surface area contributed by atoms with Gasteiger partial charge in [-0.25, -0.2) is 0 Å². The minimum atomic E-state index is 0. The van der Waals surface area contributed by atoms with Gasteiger partial charge in [0, 0.05) is 36.4 Å². The fourth-order valence-corrected chi connectivity index (χ4v) is 4.15. The van der Waals surface area contributed by atoms with Crippen LogP contribution in [0.1, 0.15) is 16.2 Å². The maximum atomic E-state index is 5.50. The molecule has 1 atom stereocenters. The standard InChI is InChI=1S/C20H28N4OS.HI/c1-15-8-9-17(26-15)13-23-20(21-2)22-12-16-10-11-24(14-16)18-6-4-5-7-19(18)25-3;/h4-9,16H,10-14H2,1-3H3,(H2,21,22,23);1H. The molecule has 0 saturated carbocycles. The van der Waals surface area contributed by atoms with Crippen molar-refractivity contribution in [3.63, 3.8) is 0 Å². The maximum absolute atomic E-state index is 5.50. The zero-order valence-electron chi connectivity index (χ0n) is 16.2. The molecule has 2 aromatic rings. The Labute approximate surface area is 183 Å². The number of aryl methyl sites for hydroxylation is 1. The first-order valence-corrected chi connectivity index (χ1v) is 9.89. The van der Waals surface area contributed by atoms with Gasteiger partial charge in [-0.1, -0.05) is 12.1 Å². The number of aliphatic imine (C=N–C) groups is 1. The van der Waals surface area contributed by atoms with E-state index in [0.717, 1.165) is 37.9 Å². The van der Waals surface area contributed by atoms with Crippen LogP contribution in [0.3, 0.4) is 0 Å². The molecule has 1 saturated heterocycles. The Balaban J connectivity index is 0.00000261. The summed E-state index contributed by atoms with van der Waals surface area (Å²) in [6, 6.07) is 12.6. The van der Waals surface area contributed by atoms with Crippen molar-refractivity contribution < 1.29 is 4.74 Å². The van der Waals surface area contributed by atoms with Crippen molar-refractivity contribution in [3.05, 3.63) is 46.2 Å². The Hall–Kier alpha value is -1.48. The van der Waals surface area contributed by atoms with Crippen molar-refractivity contribution in [3.8, 4) is 5.75 Å². The fraction of sp³-hybridized carbons (Fsp3) is 0.450. The van der Waals surface area contributed by atoms with E-state index in [2.05, 4.69) is 51.7 Å². The monoisotopic (exact) mass is 500 g/mol. The predicted molar refractivity (Wildman–Crippen MR) is 126 cm³/mol. The molecular weight excluding hydrogens is 471 g/mol.